The molecule has 1 aliphatic rings. The van der Waals surface area contributed by atoms with Gasteiger partial charge in [0.1, 0.15) is 5.82 Å². The van der Waals surface area contributed by atoms with Crippen molar-refractivity contribution in [3.8, 4) is 0 Å². The summed E-state index contributed by atoms with van der Waals surface area (Å²) in [5.74, 6) is -0.281. The Bertz CT molecular complexity index is 431. The van der Waals surface area contributed by atoms with Gasteiger partial charge in [-0.2, -0.15) is 0 Å². The molecule has 0 atom stereocenters. The third-order valence-corrected chi connectivity index (χ3v) is 4.01. The van der Waals surface area contributed by atoms with Gasteiger partial charge in [0.2, 0.25) is 5.91 Å². The molecule has 0 radical (unpaired) electrons. The number of nitrogens with one attached hydrogen (secondary N) is 2. The van der Waals surface area contributed by atoms with Crippen molar-refractivity contribution >= 4 is 18.3 Å². The molecule has 0 bridgehead atoms. The minimum absolute atomic E-state index is 0. The fourth-order valence-electron chi connectivity index (χ4n) is 2.81. The van der Waals surface area contributed by atoms with Crippen LogP contribution in [0.1, 0.15) is 44.1 Å². The second-order valence-electron chi connectivity index (χ2n) is 5.80. The summed E-state index contributed by atoms with van der Waals surface area (Å²) in [7, 11) is 0. The Kier molecular flexibility index (Phi) is 9.09. The second kappa shape index (κ2) is 10.6. The largest absolute Gasteiger partial charge is 0.355 e. The molecule has 1 aromatic rings. The van der Waals surface area contributed by atoms with Gasteiger partial charge in [-0.3, -0.25) is 4.79 Å². The average Bonchev–Trinajstić information content (AvgIpc) is 2.75. The number of rotatable bonds is 6. The van der Waals surface area contributed by atoms with Crippen molar-refractivity contribution in [1.29, 1.82) is 0 Å². The SMILES string of the molecule is Cl.O=C(Cc1ccc(F)cc1)NCCNC1CCCCCC1. The summed E-state index contributed by atoms with van der Waals surface area (Å²) in [4.78, 5) is 11.8. The number of benzene rings is 1. The number of halogens is 2. The van der Waals surface area contributed by atoms with Crippen LogP contribution in [0.2, 0.25) is 0 Å². The van der Waals surface area contributed by atoms with Gasteiger partial charge < -0.3 is 10.6 Å². The topological polar surface area (TPSA) is 41.1 Å². The fraction of sp³-hybridized carbons (Fsp3) is 0.588. The lowest BCUT2D eigenvalue weighted by molar-refractivity contribution is -0.120. The van der Waals surface area contributed by atoms with E-state index in [-0.39, 0.29) is 24.1 Å². The Morgan fingerprint density at radius 2 is 1.68 bits per heavy atom. The summed E-state index contributed by atoms with van der Waals surface area (Å²) < 4.78 is 12.8. The molecular formula is C17H26ClFN2O. The maximum absolute atomic E-state index is 12.8. The van der Waals surface area contributed by atoms with Gasteiger partial charge in [0, 0.05) is 19.1 Å². The standard InChI is InChI=1S/C17H25FN2O.ClH/c18-15-9-7-14(8-10-15)13-17(21)20-12-11-19-16-5-3-1-2-4-6-16;/h7-10,16,19H,1-6,11-13H2,(H,20,21);1H. The van der Waals surface area contributed by atoms with Crippen molar-refractivity contribution in [2.75, 3.05) is 13.1 Å². The summed E-state index contributed by atoms with van der Waals surface area (Å²) in [5.41, 5.74) is 0.839. The van der Waals surface area contributed by atoms with Crippen LogP contribution >= 0.6 is 12.4 Å². The maximum atomic E-state index is 12.8. The van der Waals surface area contributed by atoms with Crippen molar-refractivity contribution in [3.05, 3.63) is 35.6 Å². The highest BCUT2D eigenvalue weighted by Crippen LogP contribution is 2.16. The van der Waals surface area contributed by atoms with E-state index in [1.165, 1.54) is 50.7 Å². The number of carbonyl (C=O) groups is 1. The summed E-state index contributed by atoms with van der Waals surface area (Å²) >= 11 is 0. The van der Waals surface area contributed by atoms with Crippen molar-refractivity contribution in [2.45, 2.75) is 51.0 Å². The first-order chi connectivity index (χ1) is 10.2. The maximum Gasteiger partial charge on any atom is 0.224 e. The van der Waals surface area contributed by atoms with Crippen molar-refractivity contribution in [3.63, 3.8) is 0 Å². The Morgan fingerprint density at radius 1 is 1.05 bits per heavy atom. The van der Waals surface area contributed by atoms with Crippen LogP contribution in [0.5, 0.6) is 0 Å². The molecule has 0 aliphatic heterocycles. The Balaban J connectivity index is 0.00000242. The molecule has 1 fully saturated rings. The normalized spacial score (nSPS) is 15.7. The molecule has 1 aliphatic carbocycles. The lowest BCUT2D eigenvalue weighted by atomic mass is 10.1. The van der Waals surface area contributed by atoms with Crippen LogP contribution in [0.3, 0.4) is 0 Å². The van der Waals surface area contributed by atoms with Crippen LogP contribution in [0.4, 0.5) is 4.39 Å². The van der Waals surface area contributed by atoms with E-state index >= 15 is 0 Å². The van der Waals surface area contributed by atoms with Crippen LogP contribution in [0.25, 0.3) is 0 Å². The first-order valence-corrected chi connectivity index (χ1v) is 7.98. The smallest absolute Gasteiger partial charge is 0.224 e. The first-order valence-electron chi connectivity index (χ1n) is 7.98. The van der Waals surface area contributed by atoms with Gasteiger partial charge in [-0.25, -0.2) is 4.39 Å². The zero-order chi connectivity index (χ0) is 14.9. The zero-order valence-corrected chi connectivity index (χ0v) is 13.8. The van der Waals surface area contributed by atoms with E-state index < -0.39 is 0 Å². The van der Waals surface area contributed by atoms with Gasteiger partial charge >= 0.3 is 0 Å². The molecule has 3 nitrogen and oxygen atoms in total. The summed E-state index contributed by atoms with van der Waals surface area (Å²) in [5, 5.41) is 6.43. The Labute approximate surface area is 138 Å². The number of hydrogen-bond acceptors (Lipinski definition) is 2. The van der Waals surface area contributed by atoms with Gasteiger partial charge in [0.15, 0.2) is 0 Å². The molecule has 2 N–H and O–H groups in total. The molecule has 0 unspecified atom stereocenters. The average molecular weight is 329 g/mol. The van der Waals surface area contributed by atoms with Gasteiger partial charge in [-0.1, -0.05) is 37.8 Å². The van der Waals surface area contributed by atoms with Crippen LogP contribution in [0, 0.1) is 5.82 Å². The van der Waals surface area contributed by atoms with Gasteiger partial charge in [0.05, 0.1) is 6.42 Å². The number of hydrogen-bond donors (Lipinski definition) is 2. The van der Waals surface area contributed by atoms with Gasteiger partial charge in [-0.15, -0.1) is 12.4 Å². The molecule has 2 rings (SSSR count). The molecule has 22 heavy (non-hydrogen) atoms. The van der Waals surface area contributed by atoms with E-state index in [4.69, 9.17) is 0 Å². The number of amides is 1. The van der Waals surface area contributed by atoms with Crippen LogP contribution in [0.15, 0.2) is 24.3 Å². The summed E-state index contributed by atoms with van der Waals surface area (Å²) in [6.07, 6.45) is 8.15. The first kappa shape index (κ1) is 18.9. The molecule has 1 saturated carbocycles. The lowest BCUT2D eigenvalue weighted by Crippen LogP contribution is -2.37. The minimum Gasteiger partial charge on any atom is -0.355 e. The van der Waals surface area contributed by atoms with Crippen molar-refractivity contribution in [1.82, 2.24) is 10.6 Å². The molecule has 0 spiro atoms. The summed E-state index contributed by atoms with van der Waals surface area (Å²) in [6, 6.07) is 6.69. The molecule has 1 aromatic carbocycles. The molecule has 0 heterocycles. The lowest BCUT2D eigenvalue weighted by Gasteiger charge is -2.16. The van der Waals surface area contributed by atoms with E-state index in [2.05, 4.69) is 10.6 Å². The van der Waals surface area contributed by atoms with Gasteiger partial charge in [-0.05, 0) is 30.5 Å². The van der Waals surface area contributed by atoms with E-state index in [0.29, 0.717) is 19.0 Å². The molecule has 1 amide bonds. The van der Waals surface area contributed by atoms with E-state index in [9.17, 15) is 9.18 Å². The molecule has 0 saturated heterocycles. The van der Waals surface area contributed by atoms with E-state index in [1.807, 2.05) is 0 Å². The molecule has 124 valence electrons. The summed E-state index contributed by atoms with van der Waals surface area (Å²) in [6.45, 7) is 1.47. The van der Waals surface area contributed by atoms with E-state index in [0.717, 1.165) is 12.1 Å². The fourth-order valence-corrected chi connectivity index (χ4v) is 2.81. The Morgan fingerprint density at radius 3 is 2.32 bits per heavy atom. The van der Waals surface area contributed by atoms with Crippen LogP contribution < -0.4 is 10.6 Å². The predicted molar refractivity (Wildman–Crippen MR) is 89.9 cm³/mol. The van der Waals surface area contributed by atoms with Crippen molar-refractivity contribution < 1.29 is 9.18 Å². The number of carbonyl (C=O) groups excluding carboxylic acids is 1. The third kappa shape index (κ3) is 7.23. The second-order valence-corrected chi connectivity index (χ2v) is 5.80. The van der Waals surface area contributed by atoms with E-state index in [1.54, 1.807) is 12.1 Å². The van der Waals surface area contributed by atoms with Crippen LogP contribution in [-0.2, 0) is 11.2 Å². The monoisotopic (exact) mass is 328 g/mol. The predicted octanol–water partition coefficient (Wildman–Crippen LogP) is 3.22. The van der Waals surface area contributed by atoms with Crippen molar-refractivity contribution in [2.24, 2.45) is 0 Å². The highest BCUT2D eigenvalue weighted by molar-refractivity contribution is 5.85. The van der Waals surface area contributed by atoms with Crippen LogP contribution in [-0.4, -0.2) is 25.0 Å². The zero-order valence-electron chi connectivity index (χ0n) is 12.9. The highest BCUT2D eigenvalue weighted by atomic mass is 35.5. The quantitative estimate of drug-likeness (QED) is 0.622. The minimum atomic E-state index is -0.272. The third-order valence-electron chi connectivity index (χ3n) is 4.01. The van der Waals surface area contributed by atoms with Gasteiger partial charge in [0.25, 0.3) is 0 Å². The Hall–Kier alpha value is -1.13. The molecular weight excluding hydrogens is 303 g/mol. The highest BCUT2D eigenvalue weighted by Gasteiger charge is 2.11. The molecule has 5 heteroatoms. The molecule has 0 aromatic heterocycles.